The number of aliphatic hydroxyl groups is 1. The highest BCUT2D eigenvalue weighted by atomic mass is 16.5. The van der Waals surface area contributed by atoms with Gasteiger partial charge in [0.1, 0.15) is 11.3 Å². The first kappa shape index (κ1) is 24.3. The van der Waals surface area contributed by atoms with E-state index in [1.54, 1.807) is 7.11 Å². The second-order valence-corrected chi connectivity index (χ2v) is 10.1. The number of nitrogens with zero attached hydrogens (tertiary/aromatic N) is 3. The number of nitrogens with one attached hydrogen (secondary N) is 1. The van der Waals surface area contributed by atoms with Crippen LogP contribution in [0.1, 0.15) is 36.2 Å². The number of rotatable bonds is 9. The van der Waals surface area contributed by atoms with Gasteiger partial charge in [0.15, 0.2) is 0 Å². The lowest BCUT2D eigenvalue weighted by Crippen LogP contribution is -2.53. The summed E-state index contributed by atoms with van der Waals surface area (Å²) in [5.41, 5.74) is 3.20. The predicted octanol–water partition coefficient (Wildman–Crippen LogP) is 3.35. The maximum absolute atomic E-state index is 13.8. The van der Waals surface area contributed by atoms with E-state index in [0.717, 1.165) is 33.5 Å². The molecule has 0 spiro atoms. The maximum atomic E-state index is 13.8. The molecule has 190 valence electrons. The SMILES string of the molecule is COc1ccc2[nH]c3c(c2c1)C[C@@]1(C)C(=O)N(CCCN(C)CCO)C(=O)N1C3Cc1ccccc1. The van der Waals surface area contributed by atoms with Crippen molar-refractivity contribution in [1.29, 1.82) is 0 Å². The van der Waals surface area contributed by atoms with Crippen molar-refractivity contribution >= 4 is 22.8 Å². The van der Waals surface area contributed by atoms with Crippen LogP contribution in [0.2, 0.25) is 0 Å². The minimum atomic E-state index is -0.960. The van der Waals surface area contributed by atoms with Crippen LogP contribution in [0, 0.1) is 0 Å². The standard InChI is InChI=1S/C28H34N4O4/c1-28-18-22-21-17-20(36-3)10-11-23(21)29-25(22)24(16-19-8-5-4-6-9-19)32(28)27(35)31(26(28)34)13-7-12-30(2)14-15-33/h4-6,8-11,17,24,29,33H,7,12-16,18H2,1-3H3/t24?,28-/m0/s1. The van der Waals surface area contributed by atoms with E-state index in [1.807, 2.05) is 60.2 Å². The number of aliphatic hydroxyl groups excluding tert-OH is 1. The molecule has 5 rings (SSSR count). The first-order valence-corrected chi connectivity index (χ1v) is 12.5. The molecule has 1 unspecified atom stereocenters. The van der Waals surface area contributed by atoms with Gasteiger partial charge in [0.25, 0.3) is 5.91 Å². The number of imide groups is 1. The van der Waals surface area contributed by atoms with Crippen molar-refractivity contribution in [2.75, 3.05) is 40.4 Å². The lowest BCUT2D eigenvalue weighted by molar-refractivity contribution is -0.133. The highest BCUT2D eigenvalue weighted by Gasteiger charge is 2.59. The fourth-order valence-corrected chi connectivity index (χ4v) is 5.79. The Labute approximate surface area is 211 Å². The molecule has 0 aliphatic carbocycles. The molecular weight excluding hydrogens is 456 g/mol. The molecule has 1 saturated heterocycles. The first-order chi connectivity index (χ1) is 17.4. The average molecular weight is 491 g/mol. The number of likely N-dealkylation sites (N-methyl/N-ethyl adjacent to an activating group) is 1. The fraction of sp³-hybridized carbons (Fsp3) is 0.429. The van der Waals surface area contributed by atoms with Gasteiger partial charge in [-0.05, 0) is 62.7 Å². The maximum Gasteiger partial charge on any atom is 0.328 e. The van der Waals surface area contributed by atoms with E-state index in [-0.39, 0.29) is 24.6 Å². The summed E-state index contributed by atoms with van der Waals surface area (Å²) in [6, 6.07) is 15.5. The van der Waals surface area contributed by atoms with Gasteiger partial charge in [-0.2, -0.15) is 0 Å². The van der Waals surface area contributed by atoms with Gasteiger partial charge in [-0.25, -0.2) is 4.79 Å². The molecule has 2 aromatic carbocycles. The Morgan fingerprint density at radius 2 is 1.94 bits per heavy atom. The Kier molecular flexibility index (Phi) is 6.49. The minimum Gasteiger partial charge on any atom is -0.497 e. The number of fused-ring (bicyclic) bond motifs is 4. The zero-order valence-corrected chi connectivity index (χ0v) is 21.2. The molecule has 8 nitrogen and oxygen atoms in total. The van der Waals surface area contributed by atoms with Crippen LogP contribution >= 0.6 is 0 Å². The number of hydrogen-bond acceptors (Lipinski definition) is 5. The van der Waals surface area contributed by atoms with Gasteiger partial charge in [0.05, 0.1) is 19.8 Å². The summed E-state index contributed by atoms with van der Waals surface area (Å²) < 4.78 is 5.48. The highest BCUT2D eigenvalue weighted by Crippen LogP contribution is 2.47. The van der Waals surface area contributed by atoms with E-state index in [0.29, 0.717) is 38.9 Å². The Morgan fingerprint density at radius 3 is 2.67 bits per heavy atom. The van der Waals surface area contributed by atoms with E-state index in [4.69, 9.17) is 9.84 Å². The van der Waals surface area contributed by atoms with Crippen LogP contribution in [0.5, 0.6) is 5.75 Å². The average Bonchev–Trinajstić information content (AvgIpc) is 3.32. The molecule has 2 aliphatic rings. The van der Waals surface area contributed by atoms with Gasteiger partial charge in [-0.3, -0.25) is 9.69 Å². The largest absolute Gasteiger partial charge is 0.497 e. The molecule has 3 amide bonds. The Balaban J connectivity index is 1.53. The number of methoxy groups -OCH3 is 1. The first-order valence-electron chi connectivity index (χ1n) is 12.5. The number of benzene rings is 2. The summed E-state index contributed by atoms with van der Waals surface area (Å²) in [7, 11) is 3.58. The number of carbonyl (C=O) groups is 2. The lowest BCUT2D eigenvalue weighted by Gasteiger charge is -2.42. The minimum absolute atomic E-state index is 0.0849. The van der Waals surface area contributed by atoms with E-state index < -0.39 is 5.54 Å². The zero-order chi connectivity index (χ0) is 25.4. The molecule has 36 heavy (non-hydrogen) atoms. The predicted molar refractivity (Wildman–Crippen MR) is 138 cm³/mol. The van der Waals surface area contributed by atoms with Crippen molar-refractivity contribution < 1.29 is 19.4 Å². The third kappa shape index (κ3) is 4.04. The van der Waals surface area contributed by atoms with Gasteiger partial charge in [-0.1, -0.05) is 30.3 Å². The Bertz CT molecular complexity index is 1270. The van der Waals surface area contributed by atoms with Crippen LogP contribution in [-0.2, 0) is 17.6 Å². The summed E-state index contributed by atoms with van der Waals surface area (Å²) in [4.78, 5) is 36.5. The van der Waals surface area contributed by atoms with Gasteiger partial charge in [0, 0.05) is 36.1 Å². The lowest BCUT2D eigenvalue weighted by atomic mass is 9.81. The van der Waals surface area contributed by atoms with Crippen LogP contribution < -0.4 is 4.74 Å². The molecule has 2 N–H and O–H groups in total. The van der Waals surface area contributed by atoms with Crippen molar-refractivity contribution in [2.45, 2.75) is 37.8 Å². The van der Waals surface area contributed by atoms with E-state index >= 15 is 0 Å². The second kappa shape index (κ2) is 9.59. The van der Waals surface area contributed by atoms with E-state index in [2.05, 4.69) is 17.1 Å². The van der Waals surface area contributed by atoms with Gasteiger partial charge < -0.3 is 24.6 Å². The highest BCUT2D eigenvalue weighted by molar-refractivity contribution is 6.08. The number of amides is 3. The van der Waals surface area contributed by atoms with E-state index in [9.17, 15) is 9.59 Å². The summed E-state index contributed by atoms with van der Waals surface area (Å²) in [6.45, 7) is 3.62. The molecule has 3 heterocycles. The molecule has 2 atom stereocenters. The number of aromatic amines is 1. The van der Waals surface area contributed by atoms with Crippen LogP contribution in [0.3, 0.4) is 0 Å². The molecule has 1 aromatic heterocycles. The molecular formula is C28H34N4O4. The molecule has 3 aromatic rings. The van der Waals surface area contributed by atoms with Gasteiger partial charge >= 0.3 is 6.03 Å². The van der Waals surface area contributed by atoms with Crippen LogP contribution in [0.25, 0.3) is 10.9 Å². The second-order valence-electron chi connectivity index (χ2n) is 10.1. The Morgan fingerprint density at radius 1 is 1.17 bits per heavy atom. The van der Waals surface area contributed by atoms with Crippen LogP contribution in [0.15, 0.2) is 48.5 Å². The summed E-state index contributed by atoms with van der Waals surface area (Å²) >= 11 is 0. The van der Waals surface area contributed by atoms with E-state index in [1.165, 1.54) is 4.90 Å². The van der Waals surface area contributed by atoms with Crippen molar-refractivity contribution in [3.8, 4) is 5.75 Å². The topological polar surface area (TPSA) is 89.1 Å². The Hall–Kier alpha value is -3.36. The van der Waals surface area contributed by atoms with Crippen molar-refractivity contribution in [3.05, 3.63) is 65.4 Å². The molecule has 0 bridgehead atoms. The monoisotopic (exact) mass is 490 g/mol. The van der Waals surface area contributed by atoms with Crippen molar-refractivity contribution in [2.24, 2.45) is 0 Å². The summed E-state index contributed by atoms with van der Waals surface area (Å²) in [5, 5.41) is 10.2. The number of urea groups is 1. The number of H-pyrrole nitrogens is 1. The number of hydrogen-bond donors (Lipinski definition) is 2. The molecule has 0 saturated carbocycles. The van der Waals surface area contributed by atoms with Crippen molar-refractivity contribution in [1.82, 2.24) is 19.7 Å². The molecule has 8 heteroatoms. The van der Waals surface area contributed by atoms with Gasteiger partial charge in [0.2, 0.25) is 0 Å². The fourth-order valence-electron chi connectivity index (χ4n) is 5.79. The number of aromatic nitrogens is 1. The smallest absolute Gasteiger partial charge is 0.328 e. The third-order valence-corrected chi connectivity index (χ3v) is 7.66. The van der Waals surface area contributed by atoms with Gasteiger partial charge in [-0.15, -0.1) is 0 Å². The third-order valence-electron chi connectivity index (χ3n) is 7.66. The van der Waals surface area contributed by atoms with Crippen molar-refractivity contribution in [3.63, 3.8) is 0 Å². The quantitative estimate of drug-likeness (QED) is 0.449. The number of carbonyl (C=O) groups excluding carboxylic acids is 2. The molecule has 1 fully saturated rings. The zero-order valence-electron chi connectivity index (χ0n) is 21.2. The number of ether oxygens (including phenoxy) is 1. The summed E-state index contributed by atoms with van der Waals surface area (Å²) in [5.74, 6) is 0.622. The van der Waals surface area contributed by atoms with Crippen LogP contribution in [-0.4, -0.2) is 82.7 Å². The molecule has 0 radical (unpaired) electrons. The molecule has 2 aliphatic heterocycles. The van der Waals surface area contributed by atoms with Crippen LogP contribution in [0.4, 0.5) is 4.79 Å². The normalized spacial score (nSPS) is 21.4. The summed E-state index contributed by atoms with van der Waals surface area (Å²) in [6.07, 6.45) is 1.72.